The zero-order valence-corrected chi connectivity index (χ0v) is 15.0. The van der Waals surface area contributed by atoms with Crippen molar-refractivity contribution in [2.45, 2.75) is 51.2 Å². The summed E-state index contributed by atoms with van der Waals surface area (Å²) in [5.41, 5.74) is -1.32. The van der Waals surface area contributed by atoms with Crippen molar-refractivity contribution in [1.29, 1.82) is 0 Å². The molecule has 1 N–H and O–H groups in total. The monoisotopic (exact) mass is 368 g/mol. The van der Waals surface area contributed by atoms with Gasteiger partial charge in [0.1, 0.15) is 0 Å². The van der Waals surface area contributed by atoms with Crippen LogP contribution in [0.5, 0.6) is 0 Å². The summed E-state index contributed by atoms with van der Waals surface area (Å²) in [6, 6.07) is 9.43. The van der Waals surface area contributed by atoms with Gasteiger partial charge in [0.25, 0.3) is 0 Å². The van der Waals surface area contributed by atoms with Gasteiger partial charge in [-0.1, -0.05) is 49.6 Å². The van der Waals surface area contributed by atoms with Crippen molar-refractivity contribution in [3.63, 3.8) is 0 Å². The Morgan fingerprint density at radius 1 is 1.15 bits per heavy atom. The number of alkyl halides is 3. The van der Waals surface area contributed by atoms with E-state index < -0.39 is 17.5 Å². The molecule has 1 aromatic carbocycles. The Bertz CT molecular complexity index is 599. The average Bonchev–Trinajstić information content (AvgIpc) is 3.07. The van der Waals surface area contributed by atoms with Crippen LogP contribution in [0.2, 0.25) is 0 Å². The molecule has 2 fully saturated rings. The number of likely N-dealkylation sites (tertiary alicyclic amines) is 1. The highest BCUT2D eigenvalue weighted by Gasteiger charge is 2.62. The van der Waals surface area contributed by atoms with Crippen LogP contribution in [-0.2, 0) is 11.3 Å². The Morgan fingerprint density at radius 2 is 1.85 bits per heavy atom. The number of benzene rings is 1. The summed E-state index contributed by atoms with van der Waals surface area (Å²) in [6.07, 6.45) is 0.699. The number of rotatable bonds is 5. The molecule has 0 bridgehead atoms. The van der Waals surface area contributed by atoms with Crippen molar-refractivity contribution < 1.29 is 18.0 Å². The maximum atomic E-state index is 13.9. The third kappa shape index (κ3) is 4.22. The van der Waals surface area contributed by atoms with Gasteiger partial charge in [-0.3, -0.25) is 9.69 Å². The highest BCUT2D eigenvalue weighted by atomic mass is 19.4. The summed E-state index contributed by atoms with van der Waals surface area (Å²) < 4.78 is 41.6. The predicted octanol–water partition coefficient (Wildman–Crippen LogP) is 4.14. The Hall–Kier alpha value is -1.56. The van der Waals surface area contributed by atoms with Crippen LogP contribution in [0.15, 0.2) is 30.3 Å². The molecule has 1 amide bonds. The second kappa shape index (κ2) is 7.99. The van der Waals surface area contributed by atoms with E-state index in [1.165, 1.54) is 6.42 Å². The van der Waals surface area contributed by atoms with Gasteiger partial charge in [-0.25, -0.2) is 0 Å². The van der Waals surface area contributed by atoms with Crippen molar-refractivity contribution in [2.75, 3.05) is 19.6 Å². The molecule has 0 spiro atoms. The van der Waals surface area contributed by atoms with E-state index >= 15 is 0 Å². The summed E-state index contributed by atoms with van der Waals surface area (Å²) >= 11 is 0. The molecule has 1 saturated carbocycles. The zero-order chi connectivity index (χ0) is 18.6. The molecule has 0 aromatic heterocycles. The molecule has 6 heteroatoms. The van der Waals surface area contributed by atoms with Crippen LogP contribution >= 0.6 is 0 Å². The predicted molar refractivity (Wildman–Crippen MR) is 94.4 cm³/mol. The largest absolute Gasteiger partial charge is 0.404 e. The molecule has 1 heterocycles. The third-order valence-corrected chi connectivity index (χ3v) is 5.85. The van der Waals surface area contributed by atoms with E-state index in [0.717, 1.165) is 31.2 Å². The van der Waals surface area contributed by atoms with Crippen LogP contribution in [0.25, 0.3) is 0 Å². The first kappa shape index (κ1) is 19.2. The molecule has 2 aliphatic rings. The van der Waals surface area contributed by atoms with E-state index in [-0.39, 0.29) is 19.5 Å². The highest BCUT2D eigenvalue weighted by molar-refractivity contribution is 5.84. The molecule has 3 rings (SSSR count). The number of carbonyl (C=O) groups excluding carboxylic acids is 1. The molecule has 1 unspecified atom stereocenters. The van der Waals surface area contributed by atoms with Crippen LogP contribution in [0, 0.1) is 11.3 Å². The van der Waals surface area contributed by atoms with Gasteiger partial charge < -0.3 is 5.32 Å². The number of carbonyl (C=O) groups is 1. The maximum absolute atomic E-state index is 13.9. The van der Waals surface area contributed by atoms with Gasteiger partial charge >= 0.3 is 6.18 Å². The molecule has 1 atom stereocenters. The molecule has 1 aliphatic heterocycles. The lowest BCUT2D eigenvalue weighted by atomic mass is 9.84. The quantitative estimate of drug-likeness (QED) is 0.847. The van der Waals surface area contributed by atoms with Crippen molar-refractivity contribution in [1.82, 2.24) is 10.2 Å². The van der Waals surface area contributed by atoms with Crippen LogP contribution in [0.4, 0.5) is 13.2 Å². The summed E-state index contributed by atoms with van der Waals surface area (Å²) in [7, 11) is 0. The normalized spacial score (nSPS) is 25.3. The smallest absolute Gasteiger partial charge is 0.355 e. The molecule has 26 heavy (non-hydrogen) atoms. The topological polar surface area (TPSA) is 32.3 Å². The Kier molecular flexibility index (Phi) is 5.90. The molecular formula is C20H27F3N2O. The first-order valence-electron chi connectivity index (χ1n) is 9.52. The minimum Gasteiger partial charge on any atom is -0.355 e. The Morgan fingerprint density at radius 3 is 2.50 bits per heavy atom. The second-order valence-electron chi connectivity index (χ2n) is 7.74. The fourth-order valence-electron chi connectivity index (χ4n) is 4.21. The van der Waals surface area contributed by atoms with Gasteiger partial charge in [0, 0.05) is 19.6 Å². The first-order valence-corrected chi connectivity index (χ1v) is 9.52. The van der Waals surface area contributed by atoms with E-state index in [9.17, 15) is 18.0 Å². The van der Waals surface area contributed by atoms with E-state index in [2.05, 4.69) is 5.32 Å². The zero-order valence-electron chi connectivity index (χ0n) is 15.0. The Labute approximate surface area is 152 Å². The fraction of sp³-hybridized carbons (Fsp3) is 0.650. The van der Waals surface area contributed by atoms with Crippen molar-refractivity contribution in [3.05, 3.63) is 35.9 Å². The number of nitrogens with one attached hydrogen (secondary N) is 1. The highest BCUT2D eigenvalue weighted by Crippen LogP contribution is 2.46. The molecule has 1 aromatic rings. The van der Waals surface area contributed by atoms with Crippen LogP contribution in [-0.4, -0.2) is 36.6 Å². The van der Waals surface area contributed by atoms with Crippen molar-refractivity contribution >= 4 is 5.91 Å². The summed E-state index contributed by atoms with van der Waals surface area (Å²) in [6.45, 7) is 0.830. The number of hydrogen-bond donors (Lipinski definition) is 1. The van der Waals surface area contributed by atoms with Gasteiger partial charge in [-0.05, 0) is 37.3 Å². The van der Waals surface area contributed by atoms with Gasteiger partial charge in [0.15, 0.2) is 5.41 Å². The summed E-state index contributed by atoms with van der Waals surface area (Å²) in [5, 5.41) is 2.64. The lowest BCUT2D eigenvalue weighted by Gasteiger charge is -2.32. The number of amides is 1. The minimum atomic E-state index is -4.53. The van der Waals surface area contributed by atoms with Crippen molar-refractivity contribution in [2.24, 2.45) is 11.3 Å². The van der Waals surface area contributed by atoms with E-state index in [1.807, 2.05) is 30.3 Å². The van der Waals surface area contributed by atoms with Crippen LogP contribution in [0.1, 0.15) is 44.1 Å². The molecule has 3 nitrogen and oxygen atoms in total. The van der Waals surface area contributed by atoms with E-state index in [4.69, 9.17) is 0 Å². The summed E-state index contributed by atoms with van der Waals surface area (Å²) in [4.78, 5) is 14.3. The number of nitrogens with zero attached hydrogens (tertiary/aromatic N) is 1. The lowest BCUT2D eigenvalue weighted by molar-refractivity contribution is -0.218. The van der Waals surface area contributed by atoms with Gasteiger partial charge in [-0.2, -0.15) is 13.2 Å². The second-order valence-corrected chi connectivity index (χ2v) is 7.74. The Balaban J connectivity index is 1.64. The van der Waals surface area contributed by atoms with Gasteiger partial charge in [-0.15, -0.1) is 0 Å². The molecular weight excluding hydrogens is 341 g/mol. The van der Waals surface area contributed by atoms with E-state index in [0.29, 0.717) is 19.0 Å². The van der Waals surface area contributed by atoms with Crippen molar-refractivity contribution in [3.8, 4) is 0 Å². The minimum absolute atomic E-state index is 0.167. The van der Waals surface area contributed by atoms with Gasteiger partial charge in [0.2, 0.25) is 5.91 Å². The number of halogens is 3. The summed E-state index contributed by atoms with van der Waals surface area (Å²) in [5.74, 6) is -0.522. The molecule has 1 saturated heterocycles. The third-order valence-electron chi connectivity index (χ3n) is 5.85. The van der Waals surface area contributed by atoms with Crippen LogP contribution in [0.3, 0.4) is 0 Å². The SMILES string of the molecule is O=C(NCC1CCCCC1)C1(C(F)(F)F)CCN(Cc2ccccc2)C1. The average molecular weight is 368 g/mol. The van der Waals surface area contributed by atoms with Gasteiger partial charge in [0.05, 0.1) is 0 Å². The maximum Gasteiger partial charge on any atom is 0.404 e. The molecule has 0 radical (unpaired) electrons. The molecule has 144 valence electrons. The first-order chi connectivity index (χ1) is 12.4. The van der Waals surface area contributed by atoms with E-state index in [1.54, 1.807) is 4.90 Å². The number of hydrogen-bond acceptors (Lipinski definition) is 2. The fourth-order valence-corrected chi connectivity index (χ4v) is 4.21. The standard InChI is InChI=1S/C20H27F3N2O/c21-20(22,23)19(18(26)24-13-16-7-3-1-4-8-16)11-12-25(15-19)14-17-9-5-2-6-10-17/h2,5-6,9-10,16H,1,3-4,7-8,11-15H2,(H,24,26). The molecule has 1 aliphatic carbocycles. The lowest BCUT2D eigenvalue weighted by Crippen LogP contribution is -2.53. The van der Waals surface area contributed by atoms with Crippen LogP contribution < -0.4 is 5.32 Å².